The van der Waals surface area contributed by atoms with Crippen molar-refractivity contribution < 1.29 is 0 Å². The van der Waals surface area contributed by atoms with Gasteiger partial charge in [0.2, 0.25) is 0 Å². The summed E-state index contributed by atoms with van der Waals surface area (Å²) in [6, 6.07) is 6.22. The van der Waals surface area contributed by atoms with Crippen molar-refractivity contribution in [2.75, 3.05) is 0 Å². The van der Waals surface area contributed by atoms with Crippen LogP contribution in [0.4, 0.5) is 0 Å². The van der Waals surface area contributed by atoms with Gasteiger partial charge in [-0.15, -0.1) is 22.9 Å². The normalized spacial score (nSPS) is 11.0. The molecule has 0 saturated carbocycles. The number of benzene rings is 1. The van der Waals surface area contributed by atoms with Crippen LogP contribution in [0.15, 0.2) is 18.2 Å². The Morgan fingerprint density at radius 3 is 2.77 bits per heavy atom. The van der Waals surface area contributed by atoms with Crippen LogP contribution in [0.5, 0.6) is 0 Å². The molecule has 0 N–H and O–H groups in total. The lowest BCUT2D eigenvalue weighted by Crippen LogP contribution is -1.82. The topological polar surface area (TPSA) is 0 Å². The highest BCUT2D eigenvalue weighted by molar-refractivity contribution is 14.1. The van der Waals surface area contributed by atoms with E-state index in [1.807, 2.05) is 6.07 Å². The Hall–Kier alpha value is 0.490. The Balaban J connectivity index is 2.72. The average Bonchev–Trinajstić information content (AvgIpc) is 2.42. The van der Waals surface area contributed by atoms with Crippen LogP contribution in [-0.4, -0.2) is 0 Å². The van der Waals surface area contributed by atoms with Gasteiger partial charge in [-0.1, -0.05) is 11.6 Å². The molecule has 1 aromatic heterocycles. The molecule has 0 aliphatic rings. The SMILES string of the molecule is ClCc1cc2sc(Cl)cc2cc1I. The summed E-state index contributed by atoms with van der Waals surface area (Å²) in [5.74, 6) is 0.559. The van der Waals surface area contributed by atoms with E-state index in [1.165, 1.54) is 19.2 Å². The fraction of sp³-hybridized carbons (Fsp3) is 0.111. The molecule has 4 heteroatoms. The minimum Gasteiger partial charge on any atom is -0.123 e. The van der Waals surface area contributed by atoms with Crippen molar-refractivity contribution in [2.45, 2.75) is 5.88 Å². The number of hydrogen-bond donors (Lipinski definition) is 0. The molecule has 1 aromatic carbocycles. The van der Waals surface area contributed by atoms with Crippen LogP contribution in [0.2, 0.25) is 4.34 Å². The predicted octanol–water partition coefficient (Wildman–Crippen LogP) is 4.90. The van der Waals surface area contributed by atoms with E-state index < -0.39 is 0 Å². The van der Waals surface area contributed by atoms with Crippen molar-refractivity contribution in [3.05, 3.63) is 31.7 Å². The molecule has 0 nitrogen and oxygen atoms in total. The van der Waals surface area contributed by atoms with Crippen molar-refractivity contribution in [3.8, 4) is 0 Å². The average molecular weight is 343 g/mol. The molecule has 2 rings (SSSR count). The summed E-state index contributed by atoms with van der Waals surface area (Å²) in [4.78, 5) is 0. The quantitative estimate of drug-likeness (QED) is 0.511. The third-order valence-electron chi connectivity index (χ3n) is 1.80. The molecular formula is C9H5Cl2IS. The van der Waals surface area contributed by atoms with Gasteiger partial charge >= 0.3 is 0 Å². The summed E-state index contributed by atoms with van der Waals surface area (Å²) < 4.78 is 3.24. The van der Waals surface area contributed by atoms with Gasteiger partial charge in [0.1, 0.15) is 0 Å². The molecule has 0 fully saturated rings. The molecule has 0 aliphatic heterocycles. The van der Waals surface area contributed by atoms with Crippen LogP contribution in [0.1, 0.15) is 5.56 Å². The highest BCUT2D eigenvalue weighted by atomic mass is 127. The third kappa shape index (κ3) is 1.96. The van der Waals surface area contributed by atoms with Gasteiger partial charge in [0.25, 0.3) is 0 Å². The Morgan fingerprint density at radius 1 is 1.31 bits per heavy atom. The van der Waals surface area contributed by atoms with Gasteiger partial charge in [0, 0.05) is 14.2 Å². The number of thiophene rings is 1. The van der Waals surface area contributed by atoms with E-state index >= 15 is 0 Å². The smallest absolute Gasteiger partial charge is 0.0940 e. The Morgan fingerprint density at radius 2 is 2.08 bits per heavy atom. The van der Waals surface area contributed by atoms with Gasteiger partial charge in [0.15, 0.2) is 0 Å². The van der Waals surface area contributed by atoms with E-state index in [-0.39, 0.29) is 0 Å². The molecule has 2 aromatic rings. The first-order valence-corrected chi connectivity index (χ1v) is 6.45. The van der Waals surface area contributed by atoms with Crippen molar-refractivity contribution in [1.29, 1.82) is 0 Å². The van der Waals surface area contributed by atoms with Crippen molar-refractivity contribution in [1.82, 2.24) is 0 Å². The van der Waals surface area contributed by atoms with Crippen LogP contribution in [0, 0.1) is 3.57 Å². The molecule has 0 bridgehead atoms. The molecule has 0 radical (unpaired) electrons. The lowest BCUT2D eigenvalue weighted by atomic mass is 10.2. The van der Waals surface area contributed by atoms with Gasteiger partial charge in [-0.2, -0.15) is 0 Å². The maximum atomic E-state index is 5.91. The Labute approximate surface area is 104 Å². The van der Waals surface area contributed by atoms with Gasteiger partial charge in [0.05, 0.1) is 4.34 Å². The molecule has 0 atom stereocenters. The van der Waals surface area contributed by atoms with Crippen molar-refractivity contribution >= 4 is 67.2 Å². The third-order valence-corrected chi connectivity index (χ3v) is 4.32. The molecule has 68 valence electrons. The molecule has 0 unspecified atom stereocenters. The molecule has 0 spiro atoms. The van der Waals surface area contributed by atoms with Gasteiger partial charge in [-0.05, 0) is 51.7 Å². The summed E-state index contributed by atoms with van der Waals surface area (Å²) in [7, 11) is 0. The lowest BCUT2D eigenvalue weighted by Gasteiger charge is -1.99. The lowest BCUT2D eigenvalue weighted by molar-refractivity contribution is 1.40. The summed E-state index contributed by atoms with van der Waals surface area (Å²) >= 11 is 15.6. The fourth-order valence-corrected chi connectivity index (χ4v) is 3.50. The fourth-order valence-electron chi connectivity index (χ4n) is 1.17. The number of halogens is 3. The first kappa shape index (κ1) is 10.0. The zero-order valence-electron chi connectivity index (χ0n) is 6.48. The maximum Gasteiger partial charge on any atom is 0.0940 e. The number of alkyl halides is 1. The largest absolute Gasteiger partial charge is 0.123 e. The Kier molecular flexibility index (Phi) is 3.03. The van der Waals surface area contributed by atoms with Crippen LogP contribution in [0.25, 0.3) is 10.1 Å². The summed E-state index contributed by atoms with van der Waals surface area (Å²) in [5.41, 5.74) is 1.17. The van der Waals surface area contributed by atoms with E-state index in [2.05, 4.69) is 34.7 Å². The minimum atomic E-state index is 0.559. The molecule has 1 heterocycles. The van der Waals surface area contributed by atoms with Crippen LogP contribution in [-0.2, 0) is 5.88 Å². The van der Waals surface area contributed by atoms with Gasteiger partial charge in [-0.25, -0.2) is 0 Å². The van der Waals surface area contributed by atoms with Crippen LogP contribution in [0.3, 0.4) is 0 Å². The maximum absolute atomic E-state index is 5.91. The molecule has 13 heavy (non-hydrogen) atoms. The second kappa shape index (κ2) is 3.93. The first-order chi connectivity index (χ1) is 6.20. The van der Waals surface area contributed by atoms with E-state index in [1.54, 1.807) is 11.3 Å². The highest BCUT2D eigenvalue weighted by Crippen LogP contribution is 2.32. The minimum absolute atomic E-state index is 0.559. The zero-order chi connectivity index (χ0) is 9.42. The highest BCUT2D eigenvalue weighted by Gasteiger charge is 2.04. The number of hydrogen-bond acceptors (Lipinski definition) is 1. The Bertz CT molecular complexity index is 450. The molecular weight excluding hydrogens is 338 g/mol. The number of rotatable bonds is 1. The van der Waals surface area contributed by atoms with E-state index in [0.717, 1.165) is 4.34 Å². The summed E-state index contributed by atoms with van der Waals surface area (Å²) in [6.07, 6.45) is 0. The molecule has 0 saturated heterocycles. The van der Waals surface area contributed by atoms with Crippen molar-refractivity contribution in [3.63, 3.8) is 0 Å². The second-order valence-corrected chi connectivity index (χ2v) is 5.81. The predicted molar refractivity (Wildman–Crippen MR) is 69.1 cm³/mol. The molecule has 0 amide bonds. The van der Waals surface area contributed by atoms with E-state index in [0.29, 0.717) is 5.88 Å². The zero-order valence-corrected chi connectivity index (χ0v) is 11.0. The van der Waals surface area contributed by atoms with Gasteiger partial charge in [-0.3, -0.25) is 0 Å². The van der Waals surface area contributed by atoms with Gasteiger partial charge < -0.3 is 0 Å². The van der Waals surface area contributed by atoms with E-state index in [9.17, 15) is 0 Å². The van der Waals surface area contributed by atoms with Crippen LogP contribution < -0.4 is 0 Å². The van der Waals surface area contributed by atoms with E-state index in [4.69, 9.17) is 23.2 Å². The monoisotopic (exact) mass is 342 g/mol. The summed E-state index contributed by atoms with van der Waals surface area (Å²) in [6.45, 7) is 0. The number of fused-ring (bicyclic) bond motifs is 1. The summed E-state index contributed by atoms with van der Waals surface area (Å²) in [5, 5.41) is 1.20. The van der Waals surface area contributed by atoms with Crippen molar-refractivity contribution in [2.24, 2.45) is 0 Å². The molecule has 0 aliphatic carbocycles. The van der Waals surface area contributed by atoms with Crippen LogP contribution >= 0.6 is 57.1 Å². The second-order valence-electron chi connectivity index (χ2n) is 2.67. The standard InChI is InChI=1S/C9H5Cl2IS/c10-4-6-2-8-5(1-7(6)12)3-9(11)13-8/h1-3H,4H2. The first-order valence-electron chi connectivity index (χ1n) is 3.64.